The fraction of sp³-hybridized carbons (Fsp3) is 0.423. The lowest BCUT2D eigenvalue weighted by Gasteiger charge is -2.29. The van der Waals surface area contributed by atoms with Gasteiger partial charge < -0.3 is 10.6 Å². The van der Waals surface area contributed by atoms with E-state index in [1.54, 1.807) is 50.2 Å². The molecule has 0 aromatic heterocycles. The van der Waals surface area contributed by atoms with Crippen molar-refractivity contribution in [3.05, 3.63) is 81.2 Å². The van der Waals surface area contributed by atoms with Crippen molar-refractivity contribution in [2.75, 3.05) is 13.6 Å². The number of nitrogens with one attached hydrogen (secondary N) is 2. The van der Waals surface area contributed by atoms with E-state index in [0.29, 0.717) is 12.0 Å². The molecule has 0 spiro atoms. The Morgan fingerprint density at radius 1 is 1.17 bits per heavy atom. The number of nitrogens with zero attached hydrogens (tertiary/aromatic N) is 3. The molecule has 2 aromatic carbocycles. The number of hydrazone groups is 1. The third-order valence-corrected chi connectivity index (χ3v) is 6.02. The van der Waals surface area contributed by atoms with E-state index in [1.807, 2.05) is 12.1 Å². The van der Waals surface area contributed by atoms with Crippen LogP contribution in [-0.4, -0.2) is 58.7 Å². The van der Waals surface area contributed by atoms with Gasteiger partial charge in [-0.15, -0.1) is 0 Å². The first-order valence-electron chi connectivity index (χ1n) is 11.8. The molecule has 0 bridgehead atoms. The van der Waals surface area contributed by atoms with Gasteiger partial charge in [0.05, 0.1) is 5.71 Å². The van der Waals surface area contributed by atoms with Crippen molar-refractivity contribution in [1.29, 1.82) is 0 Å². The molecule has 2 aromatic rings. The molecule has 2 unspecified atom stereocenters. The number of nitro groups is 1. The van der Waals surface area contributed by atoms with E-state index in [1.165, 1.54) is 19.1 Å². The first-order valence-corrected chi connectivity index (χ1v) is 11.8. The van der Waals surface area contributed by atoms with Gasteiger partial charge in [0.2, 0.25) is 11.9 Å². The van der Waals surface area contributed by atoms with Crippen LogP contribution in [0.1, 0.15) is 55.1 Å². The van der Waals surface area contributed by atoms with Gasteiger partial charge in [0.1, 0.15) is 11.9 Å². The van der Waals surface area contributed by atoms with Crippen molar-refractivity contribution in [2.45, 2.75) is 57.7 Å². The first kappa shape index (κ1) is 26.8. The zero-order chi connectivity index (χ0) is 26.5. The normalized spacial score (nSPS) is 15.1. The van der Waals surface area contributed by atoms with Crippen LogP contribution in [0.4, 0.5) is 4.39 Å². The molecule has 10 heteroatoms. The molecule has 1 aliphatic heterocycles. The number of halogens is 1. The number of amides is 2. The van der Waals surface area contributed by atoms with Crippen molar-refractivity contribution >= 4 is 17.5 Å². The average Bonchev–Trinajstić information content (AvgIpc) is 3.25. The van der Waals surface area contributed by atoms with E-state index < -0.39 is 34.4 Å². The molecule has 0 aliphatic carbocycles. The van der Waals surface area contributed by atoms with Crippen LogP contribution in [0.15, 0.2) is 53.6 Å². The van der Waals surface area contributed by atoms with Crippen LogP contribution < -0.4 is 10.6 Å². The Morgan fingerprint density at radius 3 is 2.36 bits per heavy atom. The first-order chi connectivity index (χ1) is 16.9. The highest BCUT2D eigenvalue weighted by Crippen LogP contribution is 2.16. The number of hydrogen-bond acceptors (Lipinski definition) is 6. The smallest absolute Gasteiger partial charge is 0.251 e. The summed E-state index contributed by atoms with van der Waals surface area (Å²) in [4.78, 5) is 36.9. The minimum Gasteiger partial charge on any atom is -0.349 e. The van der Waals surface area contributed by atoms with Gasteiger partial charge in [-0.05, 0) is 55.7 Å². The second kappa shape index (κ2) is 11.3. The Hall–Kier alpha value is -3.82. The van der Waals surface area contributed by atoms with Gasteiger partial charge in [-0.3, -0.25) is 24.7 Å². The van der Waals surface area contributed by atoms with E-state index in [4.69, 9.17) is 0 Å². The summed E-state index contributed by atoms with van der Waals surface area (Å²) in [5, 5.41) is 23.1. The zero-order valence-corrected chi connectivity index (χ0v) is 21.0. The molecule has 0 radical (unpaired) electrons. The van der Waals surface area contributed by atoms with Gasteiger partial charge in [-0.1, -0.05) is 24.3 Å². The molecular weight excluding hydrogens is 465 g/mol. The molecule has 0 saturated heterocycles. The largest absolute Gasteiger partial charge is 0.349 e. The molecule has 9 nitrogen and oxygen atoms in total. The number of carbonyl (C=O) groups excluding carboxylic acids is 2. The number of hydrogen-bond donors (Lipinski definition) is 2. The summed E-state index contributed by atoms with van der Waals surface area (Å²) in [5.74, 6) is -1.38. The summed E-state index contributed by atoms with van der Waals surface area (Å²) in [5.41, 5.74) is 2.26. The topological polar surface area (TPSA) is 117 Å². The summed E-state index contributed by atoms with van der Waals surface area (Å²) in [6.07, 6.45) is 1.06. The highest BCUT2D eigenvalue weighted by molar-refractivity contribution is 6.03. The van der Waals surface area contributed by atoms with Gasteiger partial charge in [-0.2, -0.15) is 5.10 Å². The Labute approximate surface area is 209 Å². The van der Waals surface area contributed by atoms with Crippen molar-refractivity contribution < 1.29 is 18.9 Å². The van der Waals surface area contributed by atoms with Crippen LogP contribution >= 0.6 is 0 Å². The fourth-order valence-corrected chi connectivity index (χ4v) is 4.07. The molecule has 192 valence electrons. The zero-order valence-electron chi connectivity index (χ0n) is 21.0. The molecule has 1 aliphatic rings. The highest BCUT2D eigenvalue weighted by Gasteiger charge is 2.31. The maximum absolute atomic E-state index is 13.2. The number of benzene rings is 2. The van der Waals surface area contributed by atoms with Crippen LogP contribution in [0.25, 0.3) is 0 Å². The predicted octanol–water partition coefficient (Wildman–Crippen LogP) is 3.16. The predicted molar refractivity (Wildman–Crippen MR) is 135 cm³/mol. The van der Waals surface area contributed by atoms with Crippen LogP contribution in [-0.2, 0) is 11.2 Å². The van der Waals surface area contributed by atoms with E-state index in [0.717, 1.165) is 29.8 Å². The van der Waals surface area contributed by atoms with Crippen LogP contribution in [0.5, 0.6) is 0 Å². The van der Waals surface area contributed by atoms with Crippen molar-refractivity contribution in [3.63, 3.8) is 0 Å². The molecule has 2 atom stereocenters. The molecule has 3 rings (SSSR count). The van der Waals surface area contributed by atoms with Crippen molar-refractivity contribution in [3.8, 4) is 0 Å². The molecule has 36 heavy (non-hydrogen) atoms. The van der Waals surface area contributed by atoms with Crippen LogP contribution in [0, 0.1) is 15.9 Å². The standard InChI is InChI=1S/C26H32FN5O4/c1-17(32(35)36)15-23(25(34)29-26(2,3)16-18-5-11-21(27)12-6-18)28-24(33)20-9-7-19(8-10-20)22-13-14-31(4)30-22/h5-12,17,23H,13-16H2,1-4H3,(H,28,33)(H,29,34). The van der Waals surface area contributed by atoms with Gasteiger partial charge in [0.15, 0.2) is 0 Å². The second-order valence-electron chi connectivity index (χ2n) is 9.83. The fourth-order valence-electron chi connectivity index (χ4n) is 4.07. The summed E-state index contributed by atoms with van der Waals surface area (Å²) >= 11 is 0. The summed E-state index contributed by atoms with van der Waals surface area (Å²) in [7, 11) is 1.90. The van der Waals surface area contributed by atoms with Crippen molar-refractivity contribution in [2.24, 2.45) is 5.10 Å². The SMILES string of the molecule is CC(CC(NC(=O)c1ccc(C2=NN(C)CC2)cc1)C(=O)NC(C)(C)Cc1ccc(F)cc1)[N+](=O)[O-]. The van der Waals surface area contributed by atoms with E-state index in [2.05, 4.69) is 15.7 Å². The Balaban J connectivity index is 1.71. The lowest BCUT2D eigenvalue weighted by atomic mass is 9.94. The van der Waals surface area contributed by atoms with E-state index in [-0.39, 0.29) is 12.2 Å². The van der Waals surface area contributed by atoms with Gasteiger partial charge in [-0.25, -0.2) is 4.39 Å². The minimum atomic E-state index is -1.11. The van der Waals surface area contributed by atoms with Gasteiger partial charge in [0.25, 0.3) is 5.91 Å². The quantitative estimate of drug-likeness (QED) is 0.386. The second-order valence-corrected chi connectivity index (χ2v) is 9.83. The van der Waals surface area contributed by atoms with E-state index in [9.17, 15) is 24.1 Å². The van der Waals surface area contributed by atoms with Crippen LogP contribution in [0.2, 0.25) is 0 Å². The maximum atomic E-state index is 13.2. The summed E-state index contributed by atoms with van der Waals surface area (Å²) in [6, 6.07) is 10.7. The Kier molecular flexibility index (Phi) is 8.39. The van der Waals surface area contributed by atoms with Gasteiger partial charge >= 0.3 is 0 Å². The Bertz CT molecular complexity index is 1130. The summed E-state index contributed by atoms with van der Waals surface area (Å²) in [6.45, 7) is 5.82. The highest BCUT2D eigenvalue weighted by atomic mass is 19.1. The molecule has 2 amide bonds. The van der Waals surface area contributed by atoms with Crippen LogP contribution in [0.3, 0.4) is 0 Å². The lowest BCUT2D eigenvalue weighted by molar-refractivity contribution is -0.519. The minimum absolute atomic E-state index is 0.168. The molecular formula is C26H32FN5O4. The van der Waals surface area contributed by atoms with Crippen molar-refractivity contribution in [1.82, 2.24) is 15.6 Å². The third-order valence-electron chi connectivity index (χ3n) is 6.02. The average molecular weight is 498 g/mol. The maximum Gasteiger partial charge on any atom is 0.251 e. The monoisotopic (exact) mass is 497 g/mol. The Morgan fingerprint density at radius 2 is 1.81 bits per heavy atom. The van der Waals surface area contributed by atoms with E-state index >= 15 is 0 Å². The molecule has 0 fully saturated rings. The number of rotatable bonds is 10. The lowest BCUT2D eigenvalue weighted by Crippen LogP contribution is -2.55. The summed E-state index contributed by atoms with van der Waals surface area (Å²) < 4.78 is 13.2. The van der Waals surface area contributed by atoms with Gasteiger partial charge in [0, 0.05) is 49.4 Å². The molecule has 2 N–H and O–H groups in total. The molecule has 1 heterocycles. The molecule has 0 saturated carbocycles. The third kappa shape index (κ3) is 7.34. The number of carbonyl (C=O) groups is 2.